The minimum atomic E-state index is -0.329. The van der Waals surface area contributed by atoms with Crippen LogP contribution >= 0.6 is 11.6 Å². The predicted molar refractivity (Wildman–Crippen MR) is 129 cm³/mol. The van der Waals surface area contributed by atoms with E-state index >= 15 is 0 Å². The highest BCUT2D eigenvalue weighted by atomic mass is 35.5. The molecule has 0 bridgehead atoms. The number of rotatable bonds is 8. The molecule has 0 aliphatic carbocycles. The molecule has 0 saturated heterocycles. The second kappa shape index (κ2) is 10.4. The summed E-state index contributed by atoms with van der Waals surface area (Å²) in [6.45, 7) is -0.261. The molecule has 0 fully saturated rings. The van der Waals surface area contributed by atoms with Gasteiger partial charge in [-0.25, -0.2) is 5.01 Å². The van der Waals surface area contributed by atoms with Gasteiger partial charge in [0, 0.05) is 22.6 Å². The van der Waals surface area contributed by atoms with Gasteiger partial charge in [0.2, 0.25) is 0 Å². The molecule has 1 heterocycles. The molecule has 4 rings (SSSR count). The van der Waals surface area contributed by atoms with Crippen molar-refractivity contribution in [3.63, 3.8) is 0 Å². The van der Waals surface area contributed by atoms with E-state index in [0.29, 0.717) is 40.5 Å². The summed E-state index contributed by atoms with van der Waals surface area (Å²) in [5, 5.41) is 6.64. The molecule has 1 unspecified atom stereocenters. The van der Waals surface area contributed by atoms with Crippen molar-refractivity contribution in [3.8, 4) is 17.2 Å². The van der Waals surface area contributed by atoms with Gasteiger partial charge in [0.15, 0.2) is 18.1 Å². The maximum atomic E-state index is 13.2. The predicted octanol–water partition coefficient (Wildman–Crippen LogP) is 4.93. The van der Waals surface area contributed by atoms with E-state index in [2.05, 4.69) is 5.10 Å². The molecule has 0 N–H and O–H groups in total. The van der Waals surface area contributed by atoms with Crippen molar-refractivity contribution in [1.82, 2.24) is 5.01 Å². The Balaban J connectivity index is 1.60. The lowest BCUT2D eigenvalue weighted by Gasteiger charge is -2.22. The minimum absolute atomic E-state index is 0.261. The summed E-state index contributed by atoms with van der Waals surface area (Å²) in [6.07, 6.45) is 1.21. The summed E-state index contributed by atoms with van der Waals surface area (Å²) in [6, 6.07) is 19.4. The van der Waals surface area contributed by atoms with E-state index in [-0.39, 0.29) is 18.6 Å². The molecule has 1 aliphatic heterocycles. The number of hydrazone groups is 1. The van der Waals surface area contributed by atoms with Crippen LogP contribution in [0.4, 0.5) is 0 Å². The van der Waals surface area contributed by atoms with E-state index in [1.807, 2.05) is 42.5 Å². The highest BCUT2D eigenvalue weighted by Gasteiger charge is 2.34. The van der Waals surface area contributed by atoms with Crippen LogP contribution in [0.15, 0.2) is 71.8 Å². The lowest BCUT2D eigenvalue weighted by atomic mass is 9.98. The molecule has 0 saturated carbocycles. The molecule has 3 aromatic carbocycles. The van der Waals surface area contributed by atoms with Gasteiger partial charge in [-0.15, -0.1) is 0 Å². The van der Waals surface area contributed by atoms with Gasteiger partial charge < -0.3 is 14.2 Å². The number of amides is 1. The zero-order chi connectivity index (χ0) is 24.1. The quantitative estimate of drug-likeness (QED) is 0.429. The number of hydrogen-bond donors (Lipinski definition) is 0. The monoisotopic (exact) mass is 478 g/mol. The maximum absolute atomic E-state index is 13.2. The number of benzene rings is 3. The van der Waals surface area contributed by atoms with Gasteiger partial charge in [-0.2, -0.15) is 5.10 Å². The number of halogens is 1. The highest BCUT2D eigenvalue weighted by molar-refractivity contribution is 6.34. The number of hydrogen-bond acceptors (Lipinski definition) is 6. The first-order chi connectivity index (χ1) is 16.5. The van der Waals surface area contributed by atoms with Crippen molar-refractivity contribution in [2.45, 2.75) is 12.5 Å². The Morgan fingerprint density at radius 3 is 2.50 bits per heavy atom. The van der Waals surface area contributed by atoms with Gasteiger partial charge in [0.1, 0.15) is 12.0 Å². The average Bonchev–Trinajstić information content (AvgIpc) is 3.32. The largest absolute Gasteiger partial charge is 0.497 e. The van der Waals surface area contributed by atoms with Crippen molar-refractivity contribution in [1.29, 1.82) is 0 Å². The van der Waals surface area contributed by atoms with Crippen LogP contribution in [0.2, 0.25) is 5.02 Å². The van der Waals surface area contributed by atoms with Gasteiger partial charge in [-0.05, 0) is 42.0 Å². The van der Waals surface area contributed by atoms with Crippen LogP contribution in [-0.4, -0.2) is 43.7 Å². The molecule has 1 atom stereocenters. The lowest BCUT2D eigenvalue weighted by Crippen LogP contribution is -2.31. The fourth-order valence-electron chi connectivity index (χ4n) is 3.77. The van der Waals surface area contributed by atoms with Crippen LogP contribution in [0.25, 0.3) is 0 Å². The van der Waals surface area contributed by atoms with E-state index in [1.165, 1.54) is 12.1 Å². The number of methoxy groups -OCH3 is 2. The van der Waals surface area contributed by atoms with E-state index in [4.69, 9.17) is 25.8 Å². The molecule has 1 amide bonds. The topological polar surface area (TPSA) is 77.4 Å². The zero-order valence-electron chi connectivity index (χ0n) is 18.7. The van der Waals surface area contributed by atoms with Crippen molar-refractivity contribution in [2.75, 3.05) is 20.8 Å². The van der Waals surface area contributed by atoms with Crippen LogP contribution in [0, 0.1) is 0 Å². The van der Waals surface area contributed by atoms with Crippen LogP contribution in [0.5, 0.6) is 17.2 Å². The fraction of sp³-hybridized carbons (Fsp3) is 0.192. The molecule has 0 radical (unpaired) electrons. The van der Waals surface area contributed by atoms with Gasteiger partial charge in [0.05, 0.1) is 26.0 Å². The summed E-state index contributed by atoms with van der Waals surface area (Å²) in [5.41, 5.74) is 2.86. The molecule has 1 aliphatic rings. The summed E-state index contributed by atoms with van der Waals surface area (Å²) < 4.78 is 16.3. The van der Waals surface area contributed by atoms with Crippen LogP contribution in [0.3, 0.4) is 0 Å². The molecule has 8 heteroatoms. The second-order valence-electron chi connectivity index (χ2n) is 7.57. The fourth-order valence-corrected chi connectivity index (χ4v) is 4.01. The molecule has 174 valence electrons. The minimum Gasteiger partial charge on any atom is -0.497 e. The van der Waals surface area contributed by atoms with Crippen molar-refractivity contribution < 1.29 is 23.8 Å². The molecular weight excluding hydrogens is 456 g/mol. The summed E-state index contributed by atoms with van der Waals surface area (Å²) in [4.78, 5) is 24.3. The van der Waals surface area contributed by atoms with Crippen LogP contribution in [0.1, 0.15) is 33.9 Å². The van der Waals surface area contributed by atoms with Crippen LogP contribution in [-0.2, 0) is 4.79 Å². The summed E-state index contributed by atoms with van der Waals surface area (Å²) >= 11 is 6.40. The Morgan fingerprint density at radius 1 is 1.06 bits per heavy atom. The van der Waals surface area contributed by atoms with Crippen molar-refractivity contribution in [2.24, 2.45) is 5.10 Å². The van der Waals surface area contributed by atoms with Gasteiger partial charge in [0.25, 0.3) is 5.91 Å². The number of carbonyl (C=O) groups is 2. The normalized spacial score (nSPS) is 15.0. The Hall–Kier alpha value is -3.84. The first kappa shape index (κ1) is 23.3. The van der Waals surface area contributed by atoms with E-state index in [9.17, 15) is 9.59 Å². The molecule has 3 aromatic rings. The molecule has 7 nitrogen and oxygen atoms in total. The van der Waals surface area contributed by atoms with E-state index in [0.717, 1.165) is 16.9 Å². The molecule has 34 heavy (non-hydrogen) atoms. The SMILES string of the molecule is COc1ccc(C2CC(c3ccccc3Cl)=NN2C(=O)COc2ccc(C=O)cc2OC)cc1. The first-order valence-corrected chi connectivity index (χ1v) is 11.0. The number of nitrogens with zero attached hydrogens (tertiary/aromatic N) is 2. The zero-order valence-corrected chi connectivity index (χ0v) is 19.5. The van der Waals surface area contributed by atoms with Gasteiger partial charge >= 0.3 is 0 Å². The van der Waals surface area contributed by atoms with Crippen molar-refractivity contribution >= 4 is 29.5 Å². The molecule has 0 aromatic heterocycles. The Bertz CT molecular complexity index is 1230. The maximum Gasteiger partial charge on any atom is 0.281 e. The highest BCUT2D eigenvalue weighted by Crippen LogP contribution is 2.35. The van der Waals surface area contributed by atoms with E-state index < -0.39 is 0 Å². The molecule has 0 spiro atoms. The smallest absolute Gasteiger partial charge is 0.281 e. The standard InChI is InChI=1S/C26H23ClN2O5/c1-32-19-10-8-18(9-11-19)23-14-22(20-5-3-4-6-21(20)27)28-29(23)26(31)16-34-24-12-7-17(15-30)13-25(24)33-2/h3-13,15,23H,14,16H2,1-2H3. The first-order valence-electron chi connectivity index (χ1n) is 10.6. The third-order valence-electron chi connectivity index (χ3n) is 5.53. The Morgan fingerprint density at radius 2 is 1.82 bits per heavy atom. The Labute approximate surface area is 202 Å². The number of ether oxygens (including phenoxy) is 3. The third-order valence-corrected chi connectivity index (χ3v) is 5.86. The average molecular weight is 479 g/mol. The van der Waals surface area contributed by atoms with Crippen molar-refractivity contribution in [3.05, 3.63) is 88.4 Å². The Kier molecular flexibility index (Phi) is 7.13. The number of carbonyl (C=O) groups excluding carboxylic acids is 2. The molecular formula is C26H23ClN2O5. The van der Waals surface area contributed by atoms with Gasteiger partial charge in [-0.1, -0.05) is 41.9 Å². The summed E-state index contributed by atoms with van der Waals surface area (Å²) in [7, 11) is 3.07. The number of aldehydes is 1. The van der Waals surface area contributed by atoms with Crippen LogP contribution < -0.4 is 14.2 Å². The lowest BCUT2D eigenvalue weighted by molar-refractivity contribution is -0.135. The van der Waals surface area contributed by atoms with E-state index in [1.54, 1.807) is 31.4 Å². The van der Waals surface area contributed by atoms with Gasteiger partial charge in [-0.3, -0.25) is 9.59 Å². The third kappa shape index (κ3) is 4.89. The summed E-state index contributed by atoms with van der Waals surface area (Å²) in [5.74, 6) is 1.12. The second-order valence-corrected chi connectivity index (χ2v) is 7.98.